The van der Waals surface area contributed by atoms with Crippen molar-refractivity contribution in [2.45, 2.75) is 55.4 Å². The van der Waals surface area contributed by atoms with E-state index in [4.69, 9.17) is 0 Å². The highest BCUT2D eigenvalue weighted by Crippen LogP contribution is 2.41. The van der Waals surface area contributed by atoms with E-state index in [1.54, 1.807) is 0 Å². The Balaban J connectivity index is 0.000000726. The molecule has 0 spiro atoms. The Morgan fingerprint density at radius 1 is 0.389 bits per heavy atom. The van der Waals surface area contributed by atoms with E-state index in [1.807, 2.05) is 55.4 Å². The lowest BCUT2D eigenvalue weighted by Crippen LogP contribution is -2.00. The van der Waals surface area contributed by atoms with Gasteiger partial charge in [0, 0.05) is 11.1 Å². The van der Waals surface area contributed by atoms with Crippen LogP contribution < -0.4 is 0 Å². The van der Waals surface area contributed by atoms with E-state index in [1.165, 1.54) is 21.5 Å². The molecular weight excluding hydrogens is 444 g/mol. The summed E-state index contributed by atoms with van der Waals surface area (Å²) in [5.74, 6) is 4.30. The molecule has 0 amide bonds. The van der Waals surface area contributed by atoms with E-state index < -0.39 is 0 Å². The normalized spacial score (nSPS) is 10.8. The smallest absolute Gasteiger partial charge is 0.163 e. The summed E-state index contributed by atoms with van der Waals surface area (Å²) < 4.78 is 0. The fraction of sp³-hybridized carbons (Fsp3) is 0.267. The summed E-state index contributed by atoms with van der Waals surface area (Å²) in [6, 6.07) is 17.2. The van der Waals surface area contributed by atoms with Crippen LogP contribution in [0.3, 0.4) is 0 Å². The number of benzene rings is 4. The molecule has 0 radical (unpaired) electrons. The Bertz CT molecular complexity index is 1510. The van der Waals surface area contributed by atoms with E-state index in [0.717, 1.165) is 45.2 Å². The molecule has 0 N–H and O–H groups in total. The molecule has 6 heteroatoms. The average molecular weight is 477 g/mol. The standard InChI is InChI=1S/C26H20N6.2C2H6/c1-13-27-14(2)30-25(29-13)21-11-7-17-6-10-20-22(26-31-15(3)28-16(4)32-26)12-8-18-5-9-19(21)23(17)24(18)20;2*1-2/h5-12H,1-4H3;2*1-2H3. The van der Waals surface area contributed by atoms with Crippen molar-refractivity contribution in [2.24, 2.45) is 0 Å². The van der Waals surface area contributed by atoms with Gasteiger partial charge in [0.15, 0.2) is 11.6 Å². The van der Waals surface area contributed by atoms with Gasteiger partial charge < -0.3 is 0 Å². The van der Waals surface area contributed by atoms with Gasteiger partial charge in [-0.2, -0.15) is 0 Å². The van der Waals surface area contributed by atoms with E-state index >= 15 is 0 Å². The second kappa shape index (κ2) is 10.3. The number of aromatic nitrogens is 6. The van der Waals surface area contributed by atoms with E-state index in [0.29, 0.717) is 11.6 Å². The van der Waals surface area contributed by atoms with Gasteiger partial charge in [0.25, 0.3) is 0 Å². The SMILES string of the molecule is CC.CC.Cc1nc(C)nc(-c2ccc3ccc4c(-c5nc(C)nc(C)n5)ccc5ccc2c3c54)n1. The zero-order valence-corrected chi connectivity index (χ0v) is 22.3. The quantitative estimate of drug-likeness (QED) is 0.240. The van der Waals surface area contributed by atoms with Crippen LogP contribution in [0, 0.1) is 27.7 Å². The van der Waals surface area contributed by atoms with Gasteiger partial charge >= 0.3 is 0 Å². The van der Waals surface area contributed by atoms with E-state index in [9.17, 15) is 0 Å². The molecule has 0 aliphatic carbocycles. The summed E-state index contributed by atoms with van der Waals surface area (Å²) in [4.78, 5) is 27.2. The molecule has 0 saturated carbocycles. The first-order chi connectivity index (χ1) is 17.5. The monoisotopic (exact) mass is 476 g/mol. The number of aryl methyl sites for hydroxylation is 4. The summed E-state index contributed by atoms with van der Waals surface area (Å²) in [6.45, 7) is 15.6. The second-order valence-corrected chi connectivity index (χ2v) is 8.16. The van der Waals surface area contributed by atoms with Crippen LogP contribution >= 0.6 is 0 Å². The van der Waals surface area contributed by atoms with E-state index in [2.05, 4.69) is 78.4 Å². The number of hydrogen-bond donors (Lipinski definition) is 0. The maximum Gasteiger partial charge on any atom is 0.163 e. The third kappa shape index (κ3) is 4.35. The Kier molecular flexibility index (Phi) is 7.15. The van der Waals surface area contributed by atoms with Crippen LogP contribution in [0.15, 0.2) is 48.5 Å². The number of rotatable bonds is 2. The van der Waals surface area contributed by atoms with Gasteiger partial charge in [0.05, 0.1) is 0 Å². The highest BCUT2D eigenvalue weighted by molar-refractivity contribution is 6.27. The lowest BCUT2D eigenvalue weighted by molar-refractivity contribution is 0.929. The number of hydrogen-bond acceptors (Lipinski definition) is 6. The van der Waals surface area contributed by atoms with Crippen molar-refractivity contribution in [1.82, 2.24) is 29.9 Å². The van der Waals surface area contributed by atoms with Crippen molar-refractivity contribution < 1.29 is 0 Å². The third-order valence-electron chi connectivity index (χ3n) is 5.86. The Morgan fingerprint density at radius 3 is 1.03 bits per heavy atom. The molecule has 0 atom stereocenters. The number of nitrogens with zero attached hydrogens (tertiary/aromatic N) is 6. The van der Waals surface area contributed by atoms with Gasteiger partial charge in [0.2, 0.25) is 0 Å². The summed E-state index contributed by atoms with van der Waals surface area (Å²) in [7, 11) is 0. The molecule has 0 fully saturated rings. The first-order valence-corrected chi connectivity index (χ1v) is 12.6. The predicted molar refractivity (Wildman–Crippen MR) is 149 cm³/mol. The van der Waals surface area contributed by atoms with Crippen molar-refractivity contribution in [3.63, 3.8) is 0 Å². The van der Waals surface area contributed by atoms with Crippen LogP contribution in [0.2, 0.25) is 0 Å². The van der Waals surface area contributed by atoms with Crippen molar-refractivity contribution in [1.29, 1.82) is 0 Å². The molecule has 6 nitrogen and oxygen atoms in total. The molecular formula is C30H32N6. The second-order valence-electron chi connectivity index (χ2n) is 8.16. The van der Waals surface area contributed by atoms with Crippen molar-refractivity contribution in [3.05, 3.63) is 71.8 Å². The molecule has 36 heavy (non-hydrogen) atoms. The van der Waals surface area contributed by atoms with Crippen LogP contribution in [0.5, 0.6) is 0 Å². The van der Waals surface area contributed by atoms with E-state index in [-0.39, 0.29) is 0 Å². The van der Waals surface area contributed by atoms with Crippen LogP contribution in [0.4, 0.5) is 0 Å². The summed E-state index contributed by atoms with van der Waals surface area (Å²) in [5, 5.41) is 7.04. The average Bonchev–Trinajstić information content (AvgIpc) is 2.88. The van der Waals surface area contributed by atoms with Crippen LogP contribution in [0.25, 0.3) is 55.1 Å². The summed E-state index contributed by atoms with van der Waals surface area (Å²) in [6.07, 6.45) is 0. The zero-order chi connectivity index (χ0) is 26.0. The molecule has 2 aromatic heterocycles. The van der Waals surface area contributed by atoms with Crippen molar-refractivity contribution in [2.75, 3.05) is 0 Å². The Morgan fingerprint density at radius 2 is 0.694 bits per heavy atom. The van der Waals surface area contributed by atoms with Crippen LogP contribution in [-0.4, -0.2) is 29.9 Å². The van der Waals surface area contributed by atoms with Gasteiger partial charge in [-0.3, -0.25) is 0 Å². The fourth-order valence-electron chi connectivity index (χ4n) is 4.66. The lowest BCUT2D eigenvalue weighted by atomic mass is 9.89. The molecule has 6 rings (SSSR count). The van der Waals surface area contributed by atoms with Gasteiger partial charge in [-0.15, -0.1) is 0 Å². The first-order valence-electron chi connectivity index (χ1n) is 12.6. The van der Waals surface area contributed by atoms with Gasteiger partial charge in [-0.1, -0.05) is 64.1 Å². The molecule has 6 aromatic rings. The van der Waals surface area contributed by atoms with Gasteiger partial charge in [-0.25, -0.2) is 29.9 Å². The fourth-order valence-corrected chi connectivity index (χ4v) is 4.66. The minimum absolute atomic E-state index is 0.705. The maximum absolute atomic E-state index is 4.62. The summed E-state index contributed by atoms with van der Waals surface area (Å²) in [5.41, 5.74) is 2.02. The largest absolute Gasteiger partial charge is 0.219 e. The molecule has 182 valence electrons. The molecule has 0 bridgehead atoms. The third-order valence-corrected chi connectivity index (χ3v) is 5.86. The Labute approximate surface area is 212 Å². The molecule has 4 aromatic carbocycles. The van der Waals surface area contributed by atoms with Crippen molar-refractivity contribution >= 4 is 32.3 Å². The molecule has 0 aliphatic heterocycles. The first kappa shape index (κ1) is 25.0. The maximum atomic E-state index is 4.62. The van der Waals surface area contributed by atoms with Gasteiger partial charge in [0.1, 0.15) is 23.3 Å². The highest BCUT2D eigenvalue weighted by atomic mass is 15.0. The zero-order valence-electron chi connectivity index (χ0n) is 22.3. The minimum atomic E-state index is 0.705. The highest BCUT2D eigenvalue weighted by Gasteiger charge is 2.17. The molecule has 0 unspecified atom stereocenters. The summed E-state index contributed by atoms with van der Waals surface area (Å²) >= 11 is 0. The molecule has 0 aliphatic rings. The van der Waals surface area contributed by atoms with Gasteiger partial charge in [-0.05, 0) is 72.1 Å². The molecule has 0 saturated heterocycles. The lowest BCUT2D eigenvalue weighted by Gasteiger charge is -2.15. The Hall–Kier alpha value is -4.06. The van der Waals surface area contributed by atoms with Crippen molar-refractivity contribution in [3.8, 4) is 22.8 Å². The predicted octanol–water partition coefficient (Wildman–Crippen LogP) is 7.57. The van der Waals surface area contributed by atoms with Crippen LogP contribution in [0.1, 0.15) is 51.0 Å². The topological polar surface area (TPSA) is 77.3 Å². The minimum Gasteiger partial charge on any atom is -0.219 e. The van der Waals surface area contributed by atoms with Crippen LogP contribution in [-0.2, 0) is 0 Å². The molecule has 2 heterocycles.